The molecule has 0 atom stereocenters. The highest BCUT2D eigenvalue weighted by Crippen LogP contribution is 2.36. The molecule has 0 saturated carbocycles. The molecule has 0 radical (unpaired) electrons. The predicted octanol–water partition coefficient (Wildman–Crippen LogP) is 3.45. The molecule has 1 aromatic carbocycles. The third kappa shape index (κ3) is 2.76. The molecule has 0 aromatic heterocycles. The Morgan fingerprint density at radius 2 is 2.06 bits per heavy atom. The first-order chi connectivity index (χ1) is 7.63. The number of benzene rings is 1. The SMILES string of the molecule is CCOc1cc(C(=O)CC)cc(Br)c1OC. The van der Waals surface area contributed by atoms with Crippen LogP contribution in [-0.4, -0.2) is 19.5 Å². The Hall–Kier alpha value is -1.03. The van der Waals surface area contributed by atoms with Crippen molar-refractivity contribution in [3.63, 3.8) is 0 Å². The fourth-order valence-corrected chi connectivity index (χ4v) is 2.00. The Labute approximate surface area is 104 Å². The summed E-state index contributed by atoms with van der Waals surface area (Å²) < 4.78 is 11.4. The number of rotatable bonds is 5. The van der Waals surface area contributed by atoms with Crippen molar-refractivity contribution in [3.05, 3.63) is 22.2 Å². The van der Waals surface area contributed by atoms with Gasteiger partial charge in [-0.25, -0.2) is 0 Å². The van der Waals surface area contributed by atoms with Crippen LogP contribution < -0.4 is 9.47 Å². The first-order valence-electron chi connectivity index (χ1n) is 5.17. The van der Waals surface area contributed by atoms with E-state index in [4.69, 9.17) is 9.47 Å². The summed E-state index contributed by atoms with van der Waals surface area (Å²) in [6.45, 7) is 4.26. The van der Waals surface area contributed by atoms with Gasteiger partial charge < -0.3 is 9.47 Å². The van der Waals surface area contributed by atoms with Crippen LogP contribution in [-0.2, 0) is 0 Å². The molecule has 0 fully saturated rings. The van der Waals surface area contributed by atoms with Crippen LogP contribution in [0.2, 0.25) is 0 Å². The topological polar surface area (TPSA) is 35.5 Å². The van der Waals surface area contributed by atoms with Crippen molar-refractivity contribution in [2.24, 2.45) is 0 Å². The lowest BCUT2D eigenvalue weighted by Crippen LogP contribution is -2.01. The number of halogens is 1. The van der Waals surface area contributed by atoms with E-state index in [-0.39, 0.29) is 5.78 Å². The normalized spacial score (nSPS) is 10.0. The van der Waals surface area contributed by atoms with Crippen LogP contribution in [0.4, 0.5) is 0 Å². The number of carbonyl (C=O) groups excluding carboxylic acids is 1. The van der Waals surface area contributed by atoms with Gasteiger partial charge in [0.25, 0.3) is 0 Å². The lowest BCUT2D eigenvalue weighted by Gasteiger charge is -2.12. The van der Waals surface area contributed by atoms with Crippen molar-refractivity contribution in [1.82, 2.24) is 0 Å². The Morgan fingerprint density at radius 1 is 1.38 bits per heavy atom. The molecular formula is C12H15BrO3. The van der Waals surface area contributed by atoms with E-state index in [0.717, 1.165) is 4.47 Å². The fourth-order valence-electron chi connectivity index (χ4n) is 1.39. The summed E-state index contributed by atoms with van der Waals surface area (Å²) in [5.41, 5.74) is 0.638. The zero-order valence-electron chi connectivity index (χ0n) is 9.67. The third-order valence-corrected chi connectivity index (χ3v) is 2.75. The molecule has 0 aliphatic heterocycles. The van der Waals surface area contributed by atoms with E-state index < -0.39 is 0 Å². The van der Waals surface area contributed by atoms with Crippen LogP contribution >= 0.6 is 15.9 Å². The van der Waals surface area contributed by atoms with Crippen LogP contribution in [0.1, 0.15) is 30.6 Å². The first-order valence-corrected chi connectivity index (χ1v) is 5.96. The molecule has 1 rings (SSSR count). The predicted molar refractivity (Wildman–Crippen MR) is 66.5 cm³/mol. The molecule has 1 aromatic rings. The van der Waals surface area contributed by atoms with Crippen LogP contribution in [0.3, 0.4) is 0 Å². The van der Waals surface area contributed by atoms with Crippen molar-refractivity contribution < 1.29 is 14.3 Å². The van der Waals surface area contributed by atoms with Crippen molar-refractivity contribution in [1.29, 1.82) is 0 Å². The second kappa shape index (κ2) is 5.89. The lowest BCUT2D eigenvalue weighted by molar-refractivity contribution is 0.0987. The van der Waals surface area contributed by atoms with Gasteiger partial charge in [-0.3, -0.25) is 4.79 Å². The molecule has 0 saturated heterocycles. The van der Waals surface area contributed by atoms with Crippen molar-refractivity contribution >= 4 is 21.7 Å². The van der Waals surface area contributed by atoms with E-state index in [1.165, 1.54) is 0 Å². The van der Waals surface area contributed by atoms with E-state index >= 15 is 0 Å². The number of ketones is 1. The van der Waals surface area contributed by atoms with Gasteiger partial charge in [0.05, 0.1) is 18.2 Å². The number of methoxy groups -OCH3 is 1. The molecule has 16 heavy (non-hydrogen) atoms. The molecule has 0 unspecified atom stereocenters. The van der Waals surface area contributed by atoms with Gasteiger partial charge in [0.1, 0.15) is 0 Å². The average molecular weight is 287 g/mol. The maximum atomic E-state index is 11.6. The second-order valence-electron chi connectivity index (χ2n) is 3.20. The second-order valence-corrected chi connectivity index (χ2v) is 4.05. The Kier molecular flexibility index (Phi) is 4.80. The molecule has 0 bridgehead atoms. The maximum absolute atomic E-state index is 11.6. The molecule has 88 valence electrons. The summed E-state index contributed by atoms with van der Waals surface area (Å²) in [5, 5.41) is 0. The molecule has 0 heterocycles. The minimum atomic E-state index is 0.0873. The Morgan fingerprint density at radius 3 is 2.56 bits per heavy atom. The van der Waals surface area contributed by atoms with Gasteiger partial charge in [-0.1, -0.05) is 6.92 Å². The Bertz CT molecular complexity index is 388. The molecule has 0 amide bonds. The zero-order valence-corrected chi connectivity index (χ0v) is 11.3. The highest BCUT2D eigenvalue weighted by atomic mass is 79.9. The zero-order chi connectivity index (χ0) is 12.1. The number of ether oxygens (including phenoxy) is 2. The summed E-state index contributed by atoms with van der Waals surface area (Å²) in [7, 11) is 1.57. The molecule has 0 spiro atoms. The quantitative estimate of drug-likeness (QED) is 0.778. The summed E-state index contributed by atoms with van der Waals surface area (Å²) in [6.07, 6.45) is 0.477. The first kappa shape index (κ1) is 13.0. The van der Waals surface area contributed by atoms with E-state index in [9.17, 15) is 4.79 Å². The van der Waals surface area contributed by atoms with Crippen LogP contribution in [0.25, 0.3) is 0 Å². The summed E-state index contributed by atoms with van der Waals surface area (Å²) in [6, 6.07) is 3.48. The van der Waals surface area contributed by atoms with Crippen molar-refractivity contribution in [2.75, 3.05) is 13.7 Å². The van der Waals surface area contributed by atoms with Gasteiger partial charge in [0.2, 0.25) is 0 Å². The number of hydrogen-bond acceptors (Lipinski definition) is 3. The van der Waals surface area contributed by atoms with E-state index in [0.29, 0.717) is 30.1 Å². The van der Waals surface area contributed by atoms with Crippen LogP contribution in [0, 0.1) is 0 Å². The third-order valence-electron chi connectivity index (χ3n) is 2.16. The minimum absolute atomic E-state index is 0.0873. The summed E-state index contributed by atoms with van der Waals surface area (Å²) >= 11 is 3.37. The smallest absolute Gasteiger partial charge is 0.174 e. The van der Waals surface area contributed by atoms with Crippen molar-refractivity contribution in [2.45, 2.75) is 20.3 Å². The minimum Gasteiger partial charge on any atom is -0.492 e. The van der Waals surface area contributed by atoms with Crippen molar-refractivity contribution in [3.8, 4) is 11.5 Å². The number of Topliss-reactive ketones (excluding diaryl/α,β-unsaturated/α-hetero) is 1. The molecule has 0 N–H and O–H groups in total. The fraction of sp³-hybridized carbons (Fsp3) is 0.417. The van der Waals surface area contributed by atoms with E-state index in [2.05, 4.69) is 15.9 Å². The van der Waals surface area contributed by atoms with E-state index in [1.54, 1.807) is 19.2 Å². The molecule has 3 nitrogen and oxygen atoms in total. The maximum Gasteiger partial charge on any atom is 0.174 e. The molecule has 0 aliphatic carbocycles. The summed E-state index contributed by atoms with van der Waals surface area (Å²) in [4.78, 5) is 11.6. The molecular weight excluding hydrogens is 272 g/mol. The van der Waals surface area contributed by atoms with Gasteiger partial charge in [0, 0.05) is 12.0 Å². The van der Waals surface area contributed by atoms with Gasteiger partial charge >= 0.3 is 0 Å². The monoisotopic (exact) mass is 286 g/mol. The van der Waals surface area contributed by atoms with Crippen LogP contribution in [0.5, 0.6) is 11.5 Å². The highest BCUT2D eigenvalue weighted by Gasteiger charge is 2.14. The van der Waals surface area contributed by atoms with Gasteiger partial charge in [-0.15, -0.1) is 0 Å². The Balaban J connectivity index is 3.22. The highest BCUT2D eigenvalue weighted by molar-refractivity contribution is 9.10. The van der Waals surface area contributed by atoms with Gasteiger partial charge in [-0.2, -0.15) is 0 Å². The summed E-state index contributed by atoms with van der Waals surface area (Å²) in [5.74, 6) is 1.30. The van der Waals surface area contributed by atoms with Gasteiger partial charge in [-0.05, 0) is 35.0 Å². The molecule has 0 aliphatic rings. The lowest BCUT2D eigenvalue weighted by atomic mass is 10.1. The largest absolute Gasteiger partial charge is 0.492 e. The average Bonchev–Trinajstić information content (AvgIpc) is 2.28. The number of carbonyl (C=O) groups is 1. The standard InChI is InChI=1S/C12H15BrO3/c1-4-10(14)8-6-9(13)12(15-3)11(7-8)16-5-2/h6-7H,4-5H2,1-3H3. The van der Waals surface area contributed by atoms with Crippen LogP contribution in [0.15, 0.2) is 16.6 Å². The molecule has 4 heteroatoms. The van der Waals surface area contributed by atoms with E-state index in [1.807, 2.05) is 13.8 Å². The number of hydrogen-bond donors (Lipinski definition) is 0. The van der Waals surface area contributed by atoms with Gasteiger partial charge in [0.15, 0.2) is 17.3 Å².